The highest BCUT2D eigenvalue weighted by atomic mass is 32.2. The van der Waals surface area contributed by atoms with E-state index < -0.39 is 15.6 Å². The van der Waals surface area contributed by atoms with E-state index in [0.29, 0.717) is 25.4 Å². The second kappa shape index (κ2) is 6.97. The topological polar surface area (TPSA) is 81.4 Å². The summed E-state index contributed by atoms with van der Waals surface area (Å²) < 4.78 is 31.9. The van der Waals surface area contributed by atoms with Gasteiger partial charge in [0.2, 0.25) is 10.0 Å². The van der Waals surface area contributed by atoms with Crippen LogP contribution in [0.15, 0.2) is 0 Å². The molecule has 1 aliphatic rings. The maximum atomic E-state index is 12.1. The average Bonchev–Trinajstić information content (AvgIpc) is 2.32. The maximum absolute atomic E-state index is 12.1. The number of rotatable bonds is 7. The Morgan fingerprint density at radius 2 is 2.05 bits per heavy atom. The molecule has 0 aliphatic heterocycles. The average molecular weight is 308 g/mol. The standard InChI is InChI=1S/C12H24N2O3S2/c1-3-17-8-9-19(15,16)14-12(11(13)18)6-4-10(2)5-7-12/h10,14H,3-9H2,1-2H3,(H2,13,18). The smallest absolute Gasteiger partial charge is 0.214 e. The Hall–Kier alpha value is -0.240. The summed E-state index contributed by atoms with van der Waals surface area (Å²) in [5, 5.41) is 0. The molecule has 1 aliphatic carbocycles. The lowest BCUT2D eigenvalue weighted by molar-refractivity contribution is 0.163. The molecular weight excluding hydrogens is 284 g/mol. The minimum Gasteiger partial charge on any atom is -0.392 e. The maximum Gasteiger partial charge on any atom is 0.214 e. The quantitative estimate of drug-likeness (QED) is 0.545. The summed E-state index contributed by atoms with van der Waals surface area (Å²) >= 11 is 5.09. The predicted molar refractivity (Wildman–Crippen MR) is 80.6 cm³/mol. The lowest BCUT2D eigenvalue weighted by Gasteiger charge is -2.38. The first-order chi connectivity index (χ1) is 8.81. The van der Waals surface area contributed by atoms with Gasteiger partial charge in [-0.25, -0.2) is 13.1 Å². The Kier molecular flexibility index (Phi) is 6.16. The van der Waals surface area contributed by atoms with E-state index >= 15 is 0 Å². The van der Waals surface area contributed by atoms with Crippen LogP contribution >= 0.6 is 12.2 Å². The van der Waals surface area contributed by atoms with Gasteiger partial charge in [-0.05, 0) is 38.5 Å². The van der Waals surface area contributed by atoms with Gasteiger partial charge >= 0.3 is 0 Å². The molecule has 7 heteroatoms. The molecule has 1 saturated carbocycles. The number of sulfonamides is 1. The molecule has 0 aromatic carbocycles. The summed E-state index contributed by atoms with van der Waals surface area (Å²) in [5.74, 6) is 0.538. The van der Waals surface area contributed by atoms with Crippen molar-refractivity contribution < 1.29 is 13.2 Å². The van der Waals surface area contributed by atoms with Crippen molar-refractivity contribution in [3.05, 3.63) is 0 Å². The highest BCUT2D eigenvalue weighted by Crippen LogP contribution is 2.32. The zero-order chi connectivity index (χ0) is 14.5. The van der Waals surface area contributed by atoms with Crippen molar-refractivity contribution in [3.8, 4) is 0 Å². The van der Waals surface area contributed by atoms with E-state index in [1.807, 2.05) is 6.92 Å². The molecule has 5 nitrogen and oxygen atoms in total. The summed E-state index contributed by atoms with van der Waals surface area (Å²) in [6.07, 6.45) is 3.23. The van der Waals surface area contributed by atoms with Crippen molar-refractivity contribution in [1.82, 2.24) is 4.72 Å². The Morgan fingerprint density at radius 1 is 1.47 bits per heavy atom. The first-order valence-electron chi connectivity index (χ1n) is 6.70. The summed E-state index contributed by atoms with van der Waals surface area (Å²) in [6.45, 7) is 4.69. The molecule has 112 valence electrons. The third-order valence-corrected chi connectivity index (χ3v) is 5.45. The van der Waals surface area contributed by atoms with E-state index in [1.165, 1.54) is 0 Å². The molecule has 0 heterocycles. The molecule has 3 N–H and O–H groups in total. The van der Waals surface area contributed by atoms with Crippen LogP contribution in [0.1, 0.15) is 39.5 Å². The van der Waals surface area contributed by atoms with E-state index in [2.05, 4.69) is 11.6 Å². The molecule has 0 saturated heterocycles. The van der Waals surface area contributed by atoms with Crippen LogP contribution in [0.5, 0.6) is 0 Å². The van der Waals surface area contributed by atoms with Gasteiger partial charge in [0.15, 0.2) is 0 Å². The molecule has 0 amide bonds. The summed E-state index contributed by atoms with van der Waals surface area (Å²) in [4.78, 5) is 0.249. The van der Waals surface area contributed by atoms with Crippen LogP contribution in [0.2, 0.25) is 0 Å². The van der Waals surface area contributed by atoms with Gasteiger partial charge in [-0.15, -0.1) is 0 Å². The third-order valence-electron chi connectivity index (χ3n) is 3.65. The lowest BCUT2D eigenvalue weighted by atomic mass is 9.78. The largest absolute Gasteiger partial charge is 0.392 e. The first-order valence-corrected chi connectivity index (χ1v) is 8.76. The van der Waals surface area contributed by atoms with Crippen LogP contribution in [0, 0.1) is 5.92 Å². The van der Waals surface area contributed by atoms with E-state index in [1.54, 1.807) is 0 Å². The van der Waals surface area contributed by atoms with E-state index in [4.69, 9.17) is 22.7 Å². The van der Waals surface area contributed by atoms with Crippen molar-refractivity contribution >= 4 is 27.2 Å². The van der Waals surface area contributed by atoms with Crippen molar-refractivity contribution in [3.63, 3.8) is 0 Å². The fourth-order valence-electron chi connectivity index (χ4n) is 2.32. The van der Waals surface area contributed by atoms with Crippen molar-refractivity contribution in [1.29, 1.82) is 0 Å². The highest BCUT2D eigenvalue weighted by Gasteiger charge is 2.40. The fraction of sp³-hybridized carbons (Fsp3) is 0.917. The normalized spacial score (nSPS) is 28.2. The minimum absolute atomic E-state index is 0.0548. The number of hydrogen-bond donors (Lipinski definition) is 2. The van der Waals surface area contributed by atoms with Gasteiger partial charge in [-0.2, -0.15) is 0 Å². The van der Waals surface area contributed by atoms with Crippen LogP contribution in [-0.2, 0) is 14.8 Å². The summed E-state index contributed by atoms with van der Waals surface area (Å²) in [7, 11) is -3.42. The van der Waals surface area contributed by atoms with Crippen molar-refractivity contribution in [2.45, 2.75) is 45.1 Å². The molecule has 1 rings (SSSR count). The van der Waals surface area contributed by atoms with Gasteiger partial charge in [0.25, 0.3) is 0 Å². The molecule has 0 radical (unpaired) electrons. The summed E-state index contributed by atoms with van der Waals surface area (Å²) in [5.41, 5.74) is 5.04. The number of nitrogens with two attached hydrogens (primary N) is 1. The van der Waals surface area contributed by atoms with Crippen LogP contribution < -0.4 is 10.5 Å². The number of ether oxygens (including phenoxy) is 1. The van der Waals surface area contributed by atoms with Crippen LogP contribution in [0.25, 0.3) is 0 Å². The Morgan fingerprint density at radius 3 is 2.53 bits per heavy atom. The molecule has 0 spiro atoms. The van der Waals surface area contributed by atoms with Gasteiger partial charge in [-0.1, -0.05) is 19.1 Å². The zero-order valence-corrected chi connectivity index (χ0v) is 13.3. The Balaban J connectivity index is 2.71. The van der Waals surface area contributed by atoms with Crippen molar-refractivity contribution in [2.75, 3.05) is 19.0 Å². The Bertz CT molecular complexity index is 401. The van der Waals surface area contributed by atoms with Crippen LogP contribution in [0.4, 0.5) is 0 Å². The number of hydrogen-bond acceptors (Lipinski definition) is 4. The molecule has 0 aromatic rings. The molecule has 0 atom stereocenters. The number of thiocarbonyl (C=S) groups is 1. The molecule has 0 bridgehead atoms. The highest BCUT2D eigenvalue weighted by molar-refractivity contribution is 7.89. The monoisotopic (exact) mass is 308 g/mol. The van der Waals surface area contributed by atoms with Gasteiger partial charge in [-0.3, -0.25) is 0 Å². The molecule has 0 unspecified atom stereocenters. The zero-order valence-electron chi connectivity index (χ0n) is 11.6. The number of nitrogens with one attached hydrogen (secondary N) is 1. The molecule has 19 heavy (non-hydrogen) atoms. The van der Waals surface area contributed by atoms with E-state index in [0.717, 1.165) is 12.8 Å². The van der Waals surface area contributed by atoms with Gasteiger partial charge in [0.05, 0.1) is 22.9 Å². The third kappa shape index (κ3) is 4.98. The van der Waals surface area contributed by atoms with E-state index in [-0.39, 0.29) is 17.3 Å². The second-order valence-corrected chi connectivity index (χ2v) is 7.53. The second-order valence-electron chi connectivity index (χ2n) is 5.25. The van der Waals surface area contributed by atoms with Crippen LogP contribution in [0.3, 0.4) is 0 Å². The first kappa shape index (κ1) is 16.8. The summed E-state index contributed by atoms with van der Waals surface area (Å²) in [6, 6.07) is 0. The molecule has 1 fully saturated rings. The van der Waals surface area contributed by atoms with E-state index in [9.17, 15) is 8.42 Å². The molecular formula is C12H24N2O3S2. The van der Waals surface area contributed by atoms with Crippen LogP contribution in [-0.4, -0.2) is 37.9 Å². The fourth-order valence-corrected chi connectivity index (χ4v) is 3.98. The SMILES string of the molecule is CCOCCS(=O)(=O)NC1(C(N)=S)CCC(C)CC1. The van der Waals surface area contributed by atoms with Gasteiger partial charge in [0.1, 0.15) is 0 Å². The van der Waals surface area contributed by atoms with Gasteiger partial charge < -0.3 is 10.5 Å². The molecule has 0 aromatic heterocycles. The minimum atomic E-state index is -3.42. The Labute approximate surface area is 121 Å². The lowest BCUT2D eigenvalue weighted by Crippen LogP contribution is -2.58. The van der Waals surface area contributed by atoms with Crippen molar-refractivity contribution in [2.24, 2.45) is 11.7 Å². The van der Waals surface area contributed by atoms with Gasteiger partial charge in [0, 0.05) is 6.61 Å². The predicted octanol–water partition coefficient (Wildman–Crippen LogP) is 1.18.